The normalized spacial score (nSPS) is 23.4. The first kappa shape index (κ1) is 13.4. The predicted octanol–water partition coefficient (Wildman–Crippen LogP) is 4.94. The Balaban J connectivity index is 2.20. The Labute approximate surface area is 117 Å². The van der Waals surface area contributed by atoms with E-state index in [-0.39, 0.29) is 5.41 Å². The SMILES string of the molecule is CC1(C)CCSCC1Nc1c(Cl)cccc1Cl. The molecule has 4 heteroatoms. The summed E-state index contributed by atoms with van der Waals surface area (Å²) in [5, 5.41) is 4.92. The van der Waals surface area contributed by atoms with Crippen LogP contribution < -0.4 is 5.32 Å². The van der Waals surface area contributed by atoms with Gasteiger partial charge in [0.25, 0.3) is 0 Å². The van der Waals surface area contributed by atoms with Gasteiger partial charge in [0.15, 0.2) is 0 Å². The highest BCUT2D eigenvalue weighted by Gasteiger charge is 2.33. The van der Waals surface area contributed by atoms with Gasteiger partial charge >= 0.3 is 0 Å². The van der Waals surface area contributed by atoms with Crippen LogP contribution in [0.2, 0.25) is 10.0 Å². The molecule has 1 saturated heterocycles. The summed E-state index contributed by atoms with van der Waals surface area (Å²) in [5.41, 5.74) is 1.16. The maximum absolute atomic E-state index is 6.19. The molecule has 2 rings (SSSR count). The van der Waals surface area contributed by atoms with Crippen molar-refractivity contribution < 1.29 is 0 Å². The second-order valence-corrected chi connectivity index (χ2v) is 7.07. The Hall–Kier alpha value is -0.0500. The number of para-hydroxylation sites is 1. The number of thioether (sulfide) groups is 1. The third-order valence-corrected chi connectivity index (χ3v) is 5.09. The lowest BCUT2D eigenvalue weighted by molar-refractivity contribution is 0.305. The van der Waals surface area contributed by atoms with Crippen molar-refractivity contribution in [3.63, 3.8) is 0 Å². The predicted molar refractivity (Wildman–Crippen MR) is 79.6 cm³/mol. The summed E-state index contributed by atoms with van der Waals surface area (Å²) in [6, 6.07) is 6.03. The molecule has 0 radical (unpaired) electrons. The highest BCUT2D eigenvalue weighted by molar-refractivity contribution is 7.99. The minimum atomic E-state index is 0.285. The molecule has 1 unspecified atom stereocenters. The van der Waals surface area contributed by atoms with Crippen molar-refractivity contribution in [1.29, 1.82) is 0 Å². The van der Waals surface area contributed by atoms with Crippen LogP contribution in [0.15, 0.2) is 18.2 Å². The van der Waals surface area contributed by atoms with Gasteiger partial charge in [0.1, 0.15) is 0 Å². The topological polar surface area (TPSA) is 12.0 Å². The zero-order valence-electron chi connectivity index (χ0n) is 10.1. The van der Waals surface area contributed by atoms with Crippen LogP contribution in [0, 0.1) is 5.41 Å². The summed E-state index contributed by atoms with van der Waals surface area (Å²) < 4.78 is 0. The number of nitrogens with one attached hydrogen (secondary N) is 1. The maximum atomic E-state index is 6.19. The lowest BCUT2D eigenvalue weighted by atomic mass is 9.82. The van der Waals surface area contributed by atoms with E-state index < -0.39 is 0 Å². The van der Waals surface area contributed by atoms with Crippen LogP contribution in [-0.2, 0) is 0 Å². The second kappa shape index (κ2) is 5.29. The molecule has 0 spiro atoms. The molecular weight excluding hydrogens is 273 g/mol. The van der Waals surface area contributed by atoms with E-state index in [1.165, 1.54) is 12.2 Å². The van der Waals surface area contributed by atoms with Crippen molar-refractivity contribution in [2.24, 2.45) is 5.41 Å². The minimum Gasteiger partial charge on any atom is -0.379 e. The molecule has 1 aromatic carbocycles. The summed E-state index contributed by atoms with van der Waals surface area (Å²) in [4.78, 5) is 0. The summed E-state index contributed by atoms with van der Waals surface area (Å²) in [6.07, 6.45) is 1.22. The van der Waals surface area contributed by atoms with Gasteiger partial charge in [-0.25, -0.2) is 0 Å². The fraction of sp³-hybridized carbons (Fsp3) is 0.538. The average molecular weight is 290 g/mol. The molecular formula is C13H17Cl2NS. The largest absolute Gasteiger partial charge is 0.379 e. The molecule has 17 heavy (non-hydrogen) atoms. The van der Waals surface area contributed by atoms with Crippen LogP contribution in [0.4, 0.5) is 5.69 Å². The number of anilines is 1. The van der Waals surface area contributed by atoms with Gasteiger partial charge in [-0.1, -0.05) is 43.1 Å². The first-order chi connectivity index (χ1) is 8.00. The molecule has 1 atom stereocenters. The van der Waals surface area contributed by atoms with Crippen LogP contribution >= 0.6 is 35.0 Å². The smallest absolute Gasteiger partial charge is 0.0721 e. The van der Waals surface area contributed by atoms with Gasteiger partial charge in [-0.05, 0) is 29.7 Å². The van der Waals surface area contributed by atoms with E-state index in [0.717, 1.165) is 11.4 Å². The van der Waals surface area contributed by atoms with Crippen LogP contribution in [0.1, 0.15) is 20.3 Å². The Morgan fingerprint density at radius 3 is 2.53 bits per heavy atom. The van der Waals surface area contributed by atoms with E-state index in [1.54, 1.807) is 0 Å². The Bertz CT molecular complexity index is 386. The first-order valence-corrected chi connectivity index (χ1v) is 7.70. The molecule has 0 aliphatic carbocycles. The Morgan fingerprint density at radius 2 is 1.94 bits per heavy atom. The van der Waals surface area contributed by atoms with Gasteiger partial charge < -0.3 is 5.32 Å². The molecule has 94 valence electrons. The van der Waals surface area contributed by atoms with Gasteiger partial charge in [0, 0.05) is 11.8 Å². The van der Waals surface area contributed by atoms with Crippen molar-refractivity contribution in [3.05, 3.63) is 28.2 Å². The van der Waals surface area contributed by atoms with E-state index >= 15 is 0 Å². The van der Waals surface area contributed by atoms with Gasteiger partial charge in [0.2, 0.25) is 0 Å². The Kier molecular flexibility index (Phi) is 4.17. The maximum Gasteiger partial charge on any atom is 0.0721 e. The van der Waals surface area contributed by atoms with Gasteiger partial charge in [-0.15, -0.1) is 0 Å². The molecule has 0 saturated carbocycles. The molecule has 1 aromatic rings. The summed E-state index contributed by atoms with van der Waals surface area (Å²) >= 11 is 14.4. The van der Waals surface area contributed by atoms with E-state index in [9.17, 15) is 0 Å². The van der Waals surface area contributed by atoms with Crippen molar-refractivity contribution >= 4 is 40.7 Å². The second-order valence-electron chi connectivity index (χ2n) is 5.11. The third-order valence-electron chi connectivity index (χ3n) is 3.40. The molecule has 1 aliphatic heterocycles. The van der Waals surface area contributed by atoms with E-state index in [2.05, 4.69) is 19.2 Å². The average Bonchev–Trinajstić information content (AvgIpc) is 2.25. The first-order valence-electron chi connectivity index (χ1n) is 5.79. The quantitative estimate of drug-likeness (QED) is 0.828. The number of hydrogen-bond acceptors (Lipinski definition) is 2. The zero-order valence-corrected chi connectivity index (χ0v) is 12.4. The van der Waals surface area contributed by atoms with E-state index in [1.807, 2.05) is 30.0 Å². The highest BCUT2D eigenvalue weighted by atomic mass is 35.5. The standard InChI is InChI=1S/C13H17Cl2NS/c1-13(2)6-7-17-8-11(13)16-12-9(14)4-3-5-10(12)15/h3-5,11,16H,6-8H2,1-2H3. The number of benzene rings is 1. The molecule has 1 N–H and O–H groups in total. The highest BCUT2D eigenvalue weighted by Crippen LogP contribution is 2.39. The van der Waals surface area contributed by atoms with Crippen LogP contribution in [0.5, 0.6) is 0 Å². The van der Waals surface area contributed by atoms with E-state index in [0.29, 0.717) is 16.1 Å². The van der Waals surface area contributed by atoms with Crippen molar-refractivity contribution in [2.45, 2.75) is 26.3 Å². The Morgan fingerprint density at radius 1 is 1.29 bits per heavy atom. The summed E-state index contributed by atoms with van der Waals surface area (Å²) in [6.45, 7) is 4.60. The molecule has 0 amide bonds. The third kappa shape index (κ3) is 3.04. The van der Waals surface area contributed by atoms with Crippen LogP contribution in [-0.4, -0.2) is 17.5 Å². The van der Waals surface area contributed by atoms with Gasteiger partial charge in [-0.3, -0.25) is 0 Å². The van der Waals surface area contributed by atoms with Crippen molar-refractivity contribution in [1.82, 2.24) is 0 Å². The molecule has 1 heterocycles. The summed E-state index contributed by atoms with van der Waals surface area (Å²) in [7, 11) is 0. The number of rotatable bonds is 2. The fourth-order valence-electron chi connectivity index (χ4n) is 1.98. The molecule has 0 bridgehead atoms. The van der Waals surface area contributed by atoms with Crippen LogP contribution in [0.3, 0.4) is 0 Å². The van der Waals surface area contributed by atoms with Crippen molar-refractivity contribution in [3.8, 4) is 0 Å². The van der Waals surface area contributed by atoms with Gasteiger partial charge in [-0.2, -0.15) is 11.8 Å². The summed E-state index contributed by atoms with van der Waals surface area (Å²) in [5.74, 6) is 2.34. The van der Waals surface area contributed by atoms with Gasteiger partial charge in [0.05, 0.1) is 15.7 Å². The lowest BCUT2D eigenvalue weighted by Crippen LogP contribution is -2.41. The fourth-order valence-corrected chi connectivity index (χ4v) is 4.10. The number of halogens is 2. The molecule has 1 aliphatic rings. The molecule has 1 nitrogen and oxygen atoms in total. The lowest BCUT2D eigenvalue weighted by Gasteiger charge is -2.39. The van der Waals surface area contributed by atoms with Crippen LogP contribution in [0.25, 0.3) is 0 Å². The molecule has 1 fully saturated rings. The monoisotopic (exact) mass is 289 g/mol. The zero-order chi connectivity index (χ0) is 12.5. The molecule has 0 aromatic heterocycles. The number of hydrogen-bond donors (Lipinski definition) is 1. The van der Waals surface area contributed by atoms with E-state index in [4.69, 9.17) is 23.2 Å². The van der Waals surface area contributed by atoms with Crippen molar-refractivity contribution in [2.75, 3.05) is 16.8 Å². The minimum absolute atomic E-state index is 0.285.